The van der Waals surface area contributed by atoms with Crippen LogP contribution in [0, 0.1) is 6.92 Å². The molecule has 74 valence electrons. The van der Waals surface area contributed by atoms with Crippen LogP contribution in [0.1, 0.15) is 11.4 Å². The van der Waals surface area contributed by atoms with Crippen molar-refractivity contribution in [3.63, 3.8) is 0 Å². The van der Waals surface area contributed by atoms with E-state index >= 15 is 0 Å². The number of nitrogens with two attached hydrogens (primary N) is 1. The van der Waals surface area contributed by atoms with Crippen molar-refractivity contribution < 1.29 is 0 Å². The summed E-state index contributed by atoms with van der Waals surface area (Å²) in [5.41, 5.74) is 8.50. The van der Waals surface area contributed by atoms with Gasteiger partial charge in [0.05, 0.1) is 5.69 Å². The lowest BCUT2D eigenvalue weighted by molar-refractivity contribution is 0.920. The third-order valence-electron chi connectivity index (χ3n) is 2.31. The molecule has 0 amide bonds. The van der Waals surface area contributed by atoms with E-state index in [4.69, 9.17) is 17.3 Å². The molecule has 0 saturated carbocycles. The molecular formula is C10H12ClN3. The van der Waals surface area contributed by atoms with Crippen LogP contribution in [0.5, 0.6) is 0 Å². The van der Waals surface area contributed by atoms with E-state index in [1.165, 1.54) is 0 Å². The number of aromatic nitrogens is 2. The van der Waals surface area contributed by atoms with Gasteiger partial charge in [0.2, 0.25) is 0 Å². The zero-order valence-electron chi connectivity index (χ0n) is 8.00. The molecule has 0 fully saturated rings. The van der Waals surface area contributed by atoms with E-state index in [9.17, 15) is 0 Å². The van der Waals surface area contributed by atoms with Gasteiger partial charge in [-0.05, 0) is 25.6 Å². The van der Waals surface area contributed by atoms with E-state index in [1.807, 2.05) is 29.5 Å². The van der Waals surface area contributed by atoms with Gasteiger partial charge >= 0.3 is 0 Å². The number of hydrogen-bond donors (Lipinski definition) is 1. The molecular weight excluding hydrogens is 198 g/mol. The minimum Gasteiger partial charge on any atom is -0.330 e. The molecule has 0 radical (unpaired) electrons. The fourth-order valence-electron chi connectivity index (χ4n) is 1.61. The highest BCUT2D eigenvalue weighted by Gasteiger charge is 2.08. The Labute approximate surface area is 87.5 Å². The van der Waals surface area contributed by atoms with Crippen molar-refractivity contribution in [3.05, 3.63) is 34.7 Å². The molecule has 0 unspecified atom stereocenters. The standard InChI is InChI=1S/C10H12ClN3/c1-7-8(5-6-12)13-10-4-2-3-9(11)14(7)10/h2-4H,5-6,12H2,1H3. The van der Waals surface area contributed by atoms with Gasteiger partial charge in [-0.3, -0.25) is 4.40 Å². The van der Waals surface area contributed by atoms with Gasteiger partial charge in [-0.2, -0.15) is 0 Å². The summed E-state index contributed by atoms with van der Waals surface area (Å²) in [5.74, 6) is 0. The summed E-state index contributed by atoms with van der Waals surface area (Å²) < 4.78 is 1.94. The lowest BCUT2D eigenvalue weighted by Gasteiger charge is -1.99. The number of hydrogen-bond acceptors (Lipinski definition) is 2. The van der Waals surface area contributed by atoms with E-state index in [0.717, 1.165) is 23.5 Å². The summed E-state index contributed by atoms with van der Waals surface area (Å²) in [6.45, 7) is 2.62. The summed E-state index contributed by atoms with van der Waals surface area (Å²) in [7, 11) is 0. The molecule has 0 aliphatic rings. The molecule has 0 bridgehead atoms. The minimum atomic E-state index is 0.613. The third kappa shape index (κ3) is 1.38. The number of fused-ring (bicyclic) bond motifs is 1. The van der Waals surface area contributed by atoms with Crippen molar-refractivity contribution in [1.29, 1.82) is 0 Å². The fourth-order valence-corrected chi connectivity index (χ4v) is 1.90. The molecule has 2 aromatic heterocycles. The molecule has 14 heavy (non-hydrogen) atoms. The van der Waals surface area contributed by atoms with Gasteiger partial charge in [0.15, 0.2) is 0 Å². The quantitative estimate of drug-likeness (QED) is 0.767. The van der Waals surface area contributed by atoms with Crippen molar-refractivity contribution in [1.82, 2.24) is 9.38 Å². The monoisotopic (exact) mass is 209 g/mol. The Bertz CT molecular complexity index is 462. The Morgan fingerprint density at radius 1 is 1.50 bits per heavy atom. The van der Waals surface area contributed by atoms with Crippen LogP contribution in [0.25, 0.3) is 5.65 Å². The highest BCUT2D eigenvalue weighted by molar-refractivity contribution is 6.29. The molecule has 4 heteroatoms. The second-order valence-corrected chi connectivity index (χ2v) is 3.61. The first-order valence-electron chi connectivity index (χ1n) is 4.56. The Hall–Kier alpha value is -1.06. The summed E-state index contributed by atoms with van der Waals surface area (Å²) in [6.07, 6.45) is 0.795. The average molecular weight is 210 g/mol. The number of pyridine rings is 1. The summed E-state index contributed by atoms with van der Waals surface area (Å²) in [6, 6.07) is 5.70. The molecule has 3 nitrogen and oxygen atoms in total. The van der Waals surface area contributed by atoms with Gasteiger partial charge < -0.3 is 5.73 Å². The molecule has 0 aliphatic heterocycles. The molecule has 0 aliphatic carbocycles. The van der Waals surface area contributed by atoms with Crippen LogP contribution < -0.4 is 5.73 Å². The molecule has 2 rings (SSSR count). The maximum atomic E-state index is 6.07. The van der Waals surface area contributed by atoms with E-state index in [-0.39, 0.29) is 0 Å². The Morgan fingerprint density at radius 3 is 2.93 bits per heavy atom. The molecule has 0 saturated heterocycles. The largest absolute Gasteiger partial charge is 0.330 e. The lowest BCUT2D eigenvalue weighted by Crippen LogP contribution is -2.04. The fraction of sp³-hybridized carbons (Fsp3) is 0.300. The van der Waals surface area contributed by atoms with Gasteiger partial charge in [0, 0.05) is 12.1 Å². The predicted octanol–water partition coefficient (Wildman–Crippen LogP) is 1.80. The maximum Gasteiger partial charge on any atom is 0.138 e. The second-order valence-electron chi connectivity index (χ2n) is 3.22. The number of rotatable bonds is 2. The molecule has 0 spiro atoms. The number of aryl methyl sites for hydroxylation is 1. The lowest BCUT2D eigenvalue weighted by atomic mass is 10.2. The van der Waals surface area contributed by atoms with Gasteiger partial charge in [-0.25, -0.2) is 4.98 Å². The minimum absolute atomic E-state index is 0.613. The molecule has 0 aromatic carbocycles. The summed E-state index contributed by atoms with van der Waals surface area (Å²) >= 11 is 6.07. The molecule has 2 aromatic rings. The van der Waals surface area contributed by atoms with Gasteiger partial charge in [-0.15, -0.1) is 0 Å². The molecule has 2 heterocycles. The van der Waals surface area contributed by atoms with Gasteiger partial charge in [-0.1, -0.05) is 17.7 Å². The number of nitrogens with zero attached hydrogens (tertiary/aromatic N) is 2. The maximum absolute atomic E-state index is 6.07. The van der Waals surface area contributed by atoms with Crippen LogP contribution in [0.15, 0.2) is 18.2 Å². The first-order valence-corrected chi connectivity index (χ1v) is 4.94. The zero-order chi connectivity index (χ0) is 10.1. The second kappa shape index (κ2) is 3.59. The van der Waals surface area contributed by atoms with Crippen LogP contribution in [0.3, 0.4) is 0 Å². The summed E-state index contributed by atoms with van der Waals surface area (Å²) in [4.78, 5) is 4.46. The smallest absolute Gasteiger partial charge is 0.138 e. The molecule has 0 atom stereocenters. The Morgan fingerprint density at radius 2 is 2.29 bits per heavy atom. The van der Waals surface area contributed by atoms with E-state index in [0.29, 0.717) is 11.7 Å². The first kappa shape index (κ1) is 9.49. The zero-order valence-corrected chi connectivity index (χ0v) is 8.75. The predicted molar refractivity (Wildman–Crippen MR) is 57.7 cm³/mol. The molecule has 2 N–H and O–H groups in total. The normalized spacial score (nSPS) is 11.1. The van der Waals surface area contributed by atoms with Gasteiger partial charge in [0.1, 0.15) is 10.8 Å². The van der Waals surface area contributed by atoms with E-state index in [1.54, 1.807) is 0 Å². The van der Waals surface area contributed by atoms with Crippen LogP contribution in [-0.2, 0) is 6.42 Å². The summed E-state index contributed by atoms with van der Waals surface area (Å²) in [5, 5.41) is 0.691. The van der Waals surface area contributed by atoms with Crippen molar-refractivity contribution in [3.8, 4) is 0 Å². The van der Waals surface area contributed by atoms with E-state index in [2.05, 4.69) is 4.98 Å². The Balaban J connectivity index is 2.68. The van der Waals surface area contributed by atoms with Crippen molar-refractivity contribution >= 4 is 17.2 Å². The van der Waals surface area contributed by atoms with Crippen molar-refractivity contribution in [2.75, 3.05) is 6.54 Å². The van der Waals surface area contributed by atoms with Crippen LogP contribution in [0.2, 0.25) is 5.15 Å². The van der Waals surface area contributed by atoms with E-state index < -0.39 is 0 Å². The third-order valence-corrected chi connectivity index (χ3v) is 2.60. The SMILES string of the molecule is Cc1c(CCN)nc2cccc(Cl)n12. The number of halogens is 1. The van der Waals surface area contributed by atoms with Crippen molar-refractivity contribution in [2.24, 2.45) is 5.73 Å². The van der Waals surface area contributed by atoms with Gasteiger partial charge in [0.25, 0.3) is 0 Å². The Kier molecular flexibility index (Phi) is 2.44. The van der Waals surface area contributed by atoms with Crippen LogP contribution in [0.4, 0.5) is 0 Å². The van der Waals surface area contributed by atoms with Crippen molar-refractivity contribution in [2.45, 2.75) is 13.3 Å². The van der Waals surface area contributed by atoms with Crippen LogP contribution >= 0.6 is 11.6 Å². The van der Waals surface area contributed by atoms with Crippen LogP contribution in [-0.4, -0.2) is 15.9 Å². The average Bonchev–Trinajstić information content (AvgIpc) is 2.46. The first-order chi connectivity index (χ1) is 6.74. The topological polar surface area (TPSA) is 43.3 Å². The highest BCUT2D eigenvalue weighted by Crippen LogP contribution is 2.18. The number of imidazole rings is 1. The highest BCUT2D eigenvalue weighted by atomic mass is 35.5.